The molecule has 7 heteroatoms. The van der Waals surface area contributed by atoms with Crippen LogP contribution in [0.25, 0.3) is 10.6 Å². The Morgan fingerprint density at radius 3 is 2.91 bits per heavy atom. The summed E-state index contributed by atoms with van der Waals surface area (Å²) >= 11 is 3.39. The average Bonchev–Trinajstić information content (AvgIpc) is 3.17. The van der Waals surface area contributed by atoms with Gasteiger partial charge in [0.2, 0.25) is 5.91 Å². The first-order chi connectivity index (χ1) is 11.1. The van der Waals surface area contributed by atoms with Crippen molar-refractivity contribution in [1.82, 2.24) is 10.3 Å². The van der Waals surface area contributed by atoms with Crippen molar-refractivity contribution in [3.63, 3.8) is 0 Å². The summed E-state index contributed by atoms with van der Waals surface area (Å²) in [6.07, 6.45) is 1.99. The minimum Gasteiger partial charge on any atom is -0.381 e. The Hall–Kier alpha value is -1.28. The van der Waals surface area contributed by atoms with Gasteiger partial charge in [-0.3, -0.25) is 4.79 Å². The smallest absolute Gasteiger partial charge is 0.240 e. The molecule has 1 fully saturated rings. The van der Waals surface area contributed by atoms with E-state index in [9.17, 15) is 4.79 Å². The Kier molecular flexibility index (Phi) is 5.11. The topological polar surface area (TPSA) is 77.2 Å². The molecular weight excluding hydrogens is 330 g/mol. The van der Waals surface area contributed by atoms with Crippen LogP contribution < -0.4 is 11.1 Å². The van der Waals surface area contributed by atoms with Gasteiger partial charge in [-0.15, -0.1) is 22.7 Å². The van der Waals surface area contributed by atoms with Crippen molar-refractivity contribution in [3.8, 4) is 10.6 Å². The van der Waals surface area contributed by atoms with Crippen LogP contribution in [-0.4, -0.2) is 36.2 Å². The summed E-state index contributed by atoms with van der Waals surface area (Å²) in [5, 5.41) is 6.12. The largest absolute Gasteiger partial charge is 0.381 e. The Morgan fingerprint density at radius 1 is 1.43 bits per heavy atom. The van der Waals surface area contributed by atoms with Crippen LogP contribution in [0.5, 0.6) is 0 Å². The SMILES string of the molecule is Cc1nc(-c2ccc(CCNC(=O)C3(N)CCOCC3)s2)cs1. The van der Waals surface area contributed by atoms with Crippen LogP contribution in [0.4, 0.5) is 0 Å². The van der Waals surface area contributed by atoms with Gasteiger partial charge >= 0.3 is 0 Å². The normalized spacial score (nSPS) is 17.1. The minimum absolute atomic E-state index is 0.0623. The summed E-state index contributed by atoms with van der Waals surface area (Å²) in [5.41, 5.74) is 6.44. The highest BCUT2D eigenvalue weighted by Crippen LogP contribution is 2.29. The molecule has 0 unspecified atom stereocenters. The molecule has 0 bridgehead atoms. The van der Waals surface area contributed by atoms with E-state index in [2.05, 4.69) is 27.8 Å². The van der Waals surface area contributed by atoms with Gasteiger partial charge in [0.25, 0.3) is 0 Å². The highest BCUT2D eigenvalue weighted by Gasteiger charge is 2.35. The van der Waals surface area contributed by atoms with E-state index in [1.54, 1.807) is 22.7 Å². The second-order valence-corrected chi connectivity index (χ2v) is 8.02. The van der Waals surface area contributed by atoms with Crippen molar-refractivity contribution in [2.45, 2.75) is 31.7 Å². The summed E-state index contributed by atoms with van der Waals surface area (Å²) in [4.78, 5) is 19.2. The fourth-order valence-electron chi connectivity index (χ4n) is 2.56. The number of aryl methyl sites for hydroxylation is 1. The van der Waals surface area contributed by atoms with E-state index >= 15 is 0 Å². The maximum atomic E-state index is 12.2. The first kappa shape index (κ1) is 16.6. The lowest BCUT2D eigenvalue weighted by molar-refractivity contribution is -0.129. The van der Waals surface area contributed by atoms with Gasteiger partial charge in [-0.25, -0.2) is 4.98 Å². The third kappa shape index (κ3) is 3.98. The Bertz CT molecular complexity index is 674. The molecule has 23 heavy (non-hydrogen) atoms. The Labute approximate surface area is 143 Å². The number of ether oxygens (including phenoxy) is 1. The van der Waals surface area contributed by atoms with Crippen LogP contribution in [0.2, 0.25) is 0 Å². The monoisotopic (exact) mass is 351 g/mol. The standard InChI is InChI=1S/C16H21N3O2S2/c1-11-19-13(10-22-11)14-3-2-12(23-14)4-7-18-15(20)16(17)5-8-21-9-6-16/h2-3,10H,4-9,17H2,1H3,(H,18,20). The average molecular weight is 351 g/mol. The van der Waals surface area contributed by atoms with Crippen molar-refractivity contribution < 1.29 is 9.53 Å². The van der Waals surface area contributed by atoms with E-state index in [0.717, 1.165) is 17.1 Å². The van der Waals surface area contributed by atoms with Gasteiger partial charge in [-0.1, -0.05) is 0 Å². The molecule has 2 aromatic heterocycles. The molecule has 0 aliphatic carbocycles. The van der Waals surface area contributed by atoms with Crippen LogP contribution >= 0.6 is 22.7 Å². The molecule has 0 atom stereocenters. The molecule has 0 saturated carbocycles. The molecule has 2 aromatic rings. The molecule has 5 nitrogen and oxygen atoms in total. The number of rotatable bonds is 5. The van der Waals surface area contributed by atoms with E-state index < -0.39 is 5.54 Å². The highest BCUT2D eigenvalue weighted by atomic mass is 32.1. The fourth-order valence-corrected chi connectivity index (χ4v) is 4.22. The number of aromatic nitrogens is 1. The van der Waals surface area contributed by atoms with E-state index in [4.69, 9.17) is 10.5 Å². The molecule has 3 rings (SSSR count). The highest BCUT2D eigenvalue weighted by molar-refractivity contribution is 7.16. The molecule has 1 aliphatic heterocycles. The molecule has 0 radical (unpaired) electrons. The van der Waals surface area contributed by atoms with Crippen LogP contribution in [-0.2, 0) is 16.0 Å². The first-order valence-electron chi connectivity index (χ1n) is 7.73. The summed E-state index contributed by atoms with van der Waals surface area (Å²) in [7, 11) is 0. The summed E-state index contributed by atoms with van der Waals surface area (Å²) < 4.78 is 5.27. The minimum atomic E-state index is -0.767. The lowest BCUT2D eigenvalue weighted by Crippen LogP contribution is -2.57. The molecule has 124 valence electrons. The predicted octanol–water partition coefficient (Wildman–Crippen LogP) is 2.35. The van der Waals surface area contributed by atoms with Crippen LogP contribution in [0.3, 0.4) is 0 Å². The molecule has 3 heterocycles. The maximum Gasteiger partial charge on any atom is 0.240 e. The summed E-state index contributed by atoms with van der Waals surface area (Å²) in [6.45, 7) is 3.74. The van der Waals surface area contributed by atoms with Crippen molar-refractivity contribution in [2.24, 2.45) is 5.73 Å². The second kappa shape index (κ2) is 7.09. The molecule has 1 saturated heterocycles. The first-order valence-corrected chi connectivity index (χ1v) is 9.43. The number of carbonyl (C=O) groups excluding carboxylic acids is 1. The van der Waals surface area contributed by atoms with E-state index in [1.807, 2.05) is 6.92 Å². The number of nitrogens with one attached hydrogen (secondary N) is 1. The van der Waals surface area contributed by atoms with Gasteiger partial charge in [-0.2, -0.15) is 0 Å². The lowest BCUT2D eigenvalue weighted by Gasteiger charge is -2.31. The van der Waals surface area contributed by atoms with E-state index in [-0.39, 0.29) is 5.91 Å². The van der Waals surface area contributed by atoms with Crippen molar-refractivity contribution in [1.29, 1.82) is 0 Å². The molecular formula is C16H21N3O2S2. The maximum absolute atomic E-state index is 12.2. The number of hydrogen-bond acceptors (Lipinski definition) is 6. The van der Waals surface area contributed by atoms with Gasteiger partial charge in [0.15, 0.2) is 0 Å². The van der Waals surface area contributed by atoms with Crippen LogP contribution in [0.15, 0.2) is 17.5 Å². The van der Waals surface area contributed by atoms with Crippen LogP contribution in [0, 0.1) is 6.92 Å². The summed E-state index contributed by atoms with van der Waals surface area (Å²) in [6, 6.07) is 4.20. The molecule has 1 aliphatic rings. The van der Waals surface area contributed by atoms with Crippen molar-refractivity contribution in [3.05, 3.63) is 27.4 Å². The summed E-state index contributed by atoms with van der Waals surface area (Å²) in [5.74, 6) is -0.0623. The van der Waals surface area contributed by atoms with E-state index in [1.165, 1.54) is 9.75 Å². The number of amides is 1. The molecule has 1 amide bonds. The van der Waals surface area contributed by atoms with Crippen molar-refractivity contribution in [2.75, 3.05) is 19.8 Å². The molecule has 0 aromatic carbocycles. The van der Waals surface area contributed by atoms with Gasteiger partial charge in [0, 0.05) is 30.0 Å². The number of carbonyl (C=O) groups is 1. The molecule has 0 spiro atoms. The van der Waals surface area contributed by atoms with Crippen LogP contribution in [0.1, 0.15) is 22.7 Å². The zero-order chi connectivity index (χ0) is 16.3. The van der Waals surface area contributed by atoms with E-state index in [0.29, 0.717) is 32.6 Å². The second-order valence-electron chi connectivity index (χ2n) is 5.79. The van der Waals surface area contributed by atoms with Gasteiger partial charge < -0.3 is 15.8 Å². The predicted molar refractivity (Wildman–Crippen MR) is 93.8 cm³/mol. The quantitative estimate of drug-likeness (QED) is 0.867. The van der Waals surface area contributed by atoms with Gasteiger partial charge in [0.05, 0.1) is 21.1 Å². The number of nitrogens with two attached hydrogens (primary N) is 1. The third-order valence-corrected chi connectivity index (χ3v) is 5.97. The van der Waals surface area contributed by atoms with Crippen molar-refractivity contribution >= 4 is 28.6 Å². The number of hydrogen-bond donors (Lipinski definition) is 2. The van der Waals surface area contributed by atoms with Gasteiger partial charge in [0.1, 0.15) is 0 Å². The molecule has 3 N–H and O–H groups in total. The van der Waals surface area contributed by atoms with Gasteiger partial charge in [-0.05, 0) is 38.3 Å². The Morgan fingerprint density at radius 2 is 2.22 bits per heavy atom. The number of thiazole rings is 1. The lowest BCUT2D eigenvalue weighted by atomic mass is 9.90. The third-order valence-electron chi connectivity index (χ3n) is 4.03. The fraction of sp³-hybridized carbons (Fsp3) is 0.500. The number of nitrogens with zero attached hydrogens (tertiary/aromatic N) is 1. The Balaban J connectivity index is 1.51. The zero-order valence-electron chi connectivity index (χ0n) is 13.1. The number of thiophene rings is 1. The zero-order valence-corrected chi connectivity index (χ0v) is 14.8.